The lowest BCUT2D eigenvalue weighted by atomic mass is 9.87. The molecule has 3 rings (SSSR count). The molecule has 1 amide bonds. The van der Waals surface area contributed by atoms with Gasteiger partial charge in [0.1, 0.15) is 5.82 Å². The normalized spacial score (nSPS) is 16.5. The molecule has 0 aliphatic carbocycles. The summed E-state index contributed by atoms with van der Waals surface area (Å²) in [6.07, 6.45) is 1.68. The van der Waals surface area contributed by atoms with Crippen molar-refractivity contribution in [1.82, 2.24) is 4.90 Å². The van der Waals surface area contributed by atoms with Gasteiger partial charge in [0.25, 0.3) is 0 Å². The molecular formula is C21H24FNO2S. The van der Waals surface area contributed by atoms with Gasteiger partial charge in [-0.15, -0.1) is 11.8 Å². The molecule has 1 aliphatic rings. The summed E-state index contributed by atoms with van der Waals surface area (Å²) in [5, 5.41) is 10.5. The fraction of sp³-hybridized carbons (Fsp3) is 0.381. The summed E-state index contributed by atoms with van der Waals surface area (Å²) >= 11 is 1.57. The molecule has 5 heteroatoms. The minimum absolute atomic E-state index is 0.160. The van der Waals surface area contributed by atoms with E-state index in [1.54, 1.807) is 23.9 Å². The van der Waals surface area contributed by atoms with Crippen molar-refractivity contribution in [1.29, 1.82) is 0 Å². The number of rotatable bonds is 6. The zero-order chi connectivity index (χ0) is 18.4. The van der Waals surface area contributed by atoms with E-state index in [4.69, 9.17) is 0 Å². The number of halogens is 1. The Morgan fingerprint density at radius 2 is 1.77 bits per heavy atom. The third kappa shape index (κ3) is 5.08. The number of piperidine rings is 1. The summed E-state index contributed by atoms with van der Waals surface area (Å²) in [7, 11) is 0. The van der Waals surface area contributed by atoms with Gasteiger partial charge in [-0.1, -0.05) is 30.3 Å². The lowest BCUT2D eigenvalue weighted by Gasteiger charge is -2.34. The van der Waals surface area contributed by atoms with Crippen molar-refractivity contribution in [3.05, 3.63) is 66.0 Å². The second-order valence-electron chi connectivity index (χ2n) is 6.63. The standard InChI is InChI=1S/C21H24FNO2S/c22-18-6-8-19(9-7-18)26-15-12-20(24)23-13-10-17(11-14-23)21(25)16-4-2-1-3-5-16/h1-9,17,21,25H,10-15H2. The van der Waals surface area contributed by atoms with E-state index in [1.165, 1.54) is 12.1 Å². The van der Waals surface area contributed by atoms with E-state index < -0.39 is 6.10 Å². The van der Waals surface area contributed by atoms with Crippen LogP contribution in [0.2, 0.25) is 0 Å². The van der Waals surface area contributed by atoms with E-state index in [2.05, 4.69) is 0 Å². The number of carbonyl (C=O) groups is 1. The Hall–Kier alpha value is -1.85. The first-order valence-electron chi connectivity index (χ1n) is 9.02. The molecule has 2 aromatic carbocycles. The monoisotopic (exact) mass is 373 g/mol. The summed E-state index contributed by atoms with van der Waals surface area (Å²) < 4.78 is 12.9. The van der Waals surface area contributed by atoms with E-state index in [0.717, 1.165) is 23.3 Å². The van der Waals surface area contributed by atoms with E-state index in [1.807, 2.05) is 35.2 Å². The van der Waals surface area contributed by atoms with Gasteiger partial charge in [0, 0.05) is 30.2 Å². The van der Waals surface area contributed by atoms with E-state index in [-0.39, 0.29) is 17.6 Å². The van der Waals surface area contributed by atoms with Gasteiger partial charge in [-0.05, 0) is 48.6 Å². The summed E-state index contributed by atoms with van der Waals surface area (Å²) in [6, 6.07) is 16.1. The number of benzene rings is 2. The largest absolute Gasteiger partial charge is 0.388 e. The topological polar surface area (TPSA) is 40.5 Å². The number of hydrogen-bond donors (Lipinski definition) is 1. The predicted octanol–water partition coefficient (Wildman–Crippen LogP) is 4.28. The minimum atomic E-state index is -0.456. The number of aliphatic hydroxyl groups is 1. The lowest BCUT2D eigenvalue weighted by molar-refractivity contribution is -0.132. The van der Waals surface area contributed by atoms with Gasteiger partial charge in [0.2, 0.25) is 5.91 Å². The van der Waals surface area contributed by atoms with Crippen LogP contribution in [0.4, 0.5) is 4.39 Å². The first-order chi connectivity index (χ1) is 12.6. The number of carbonyl (C=O) groups excluding carboxylic acids is 1. The van der Waals surface area contributed by atoms with Gasteiger partial charge in [-0.3, -0.25) is 4.79 Å². The molecule has 1 fully saturated rings. The molecule has 1 saturated heterocycles. The van der Waals surface area contributed by atoms with Gasteiger partial charge in [-0.25, -0.2) is 4.39 Å². The number of aliphatic hydroxyl groups excluding tert-OH is 1. The Balaban J connectivity index is 1.41. The quantitative estimate of drug-likeness (QED) is 0.769. The van der Waals surface area contributed by atoms with E-state index in [9.17, 15) is 14.3 Å². The SMILES string of the molecule is O=C(CCSc1ccc(F)cc1)N1CCC(C(O)c2ccccc2)CC1. The molecule has 3 nitrogen and oxygen atoms in total. The molecule has 0 radical (unpaired) electrons. The van der Waals surface area contributed by atoms with Crippen molar-refractivity contribution >= 4 is 17.7 Å². The number of thioether (sulfide) groups is 1. The van der Waals surface area contributed by atoms with Crippen molar-refractivity contribution in [2.45, 2.75) is 30.3 Å². The molecule has 1 atom stereocenters. The molecule has 2 aromatic rings. The molecule has 1 N–H and O–H groups in total. The Bertz CT molecular complexity index is 700. The highest BCUT2D eigenvalue weighted by Crippen LogP contribution is 2.31. The first kappa shape index (κ1) is 18.9. The highest BCUT2D eigenvalue weighted by atomic mass is 32.2. The summed E-state index contributed by atoms with van der Waals surface area (Å²) in [5.41, 5.74) is 0.952. The molecule has 1 unspecified atom stereocenters. The van der Waals surface area contributed by atoms with E-state index >= 15 is 0 Å². The van der Waals surface area contributed by atoms with Crippen LogP contribution < -0.4 is 0 Å². The van der Waals surface area contributed by atoms with Crippen LogP contribution in [0, 0.1) is 11.7 Å². The van der Waals surface area contributed by atoms with Crippen molar-refractivity contribution in [2.75, 3.05) is 18.8 Å². The number of nitrogens with zero attached hydrogens (tertiary/aromatic N) is 1. The van der Waals surface area contributed by atoms with E-state index in [0.29, 0.717) is 25.3 Å². The van der Waals surface area contributed by atoms with Crippen LogP contribution in [-0.4, -0.2) is 34.8 Å². The third-order valence-electron chi connectivity index (χ3n) is 4.88. The van der Waals surface area contributed by atoms with Gasteiger partial charge >= 0.3 is 0 Å². The average Bonchev–Trinajstić information content (AvgIpc) is 2.69. The molecular weight excluding hydrogens is 349 g/mol. The van der Waals surface area contributed by atoms with Crippen LogP contribution in [0.5, 0.6) is 0 Å². The Labute approximate surface area is 158 Å². The van der Waals surface area contributed by atoms with Crippen LogP contribution in [0.3, 0.4) is 0 Å². The van der Waals surface area contributed by atoms with Crippen molar-refractivity contribution < 1.29 is 14.3 Å². The smallest absolute Gasteiger partial charge is 0.223 e. The zero-order valence-corrected chi connectivity index (χ0v) is 15.5. The maximum Gasteiger partial charge on any atom is 0.223 e. The van der Waals surface area contributed by atoms with Crippen LogP contribution in [-0.2, 0) is 4.79 Å². The Kier molecular flexibility index (Phi) is 6.69. The lowest BCUT2D eigenvalue weighted by Crippen LogP contribution is -2.39. The van der Waals surface area contributed by atoms with Crippen LogP contribution >= 0.6 is 11.8 Å². The maximum atomic E-state index is 12.9. The fourth-order valence-electron chi connectivity index (χ4n) is 3.33. The second-order valence-corrected chi connectivity index (χ2v) is 7.79. The first-order valence-corrected chi connectivity index (χ1v) is 10.0. The van der Waals surface area contributed by atoms with Gasteiger partial charge in [0.15, 0.2) is 0 Å². The maximum absolute atomic E-state index is 12.9. The number of amides is 1. The van der Waals surface area contributed by atoms with Gasteiger partial charge in [0.05, 0.1) is 6.10 Å². The highest BCUT2D eigenvalue weighted by molar-refractivity contribution is 7.99. The van der Waals surface area contributed by atoms with Crippen LogP contribution in [0.25, 0.3) is 0 Å². The molecule has 1 heterocycles. The molecule has 0 aromatic heterocycles. The molecule has 0 bridgehead atoms. The predicted molar refractivity (Wildman–Crippen MR) is 102 cm³/mol. The molecule has 138 valence electrons. The number of hydrogen-bond acceptors (Lipinski definition) is 3. The second kappa shape index (κ2) is 9.19. The Morgan fingerprint density at radius 1 is 1.12 bits per heavy atom. The fourth-order valence-corrected chi connectivity index (χ4v) is 4.17. The van der Waals surface area contributed by atoms with Gasteiger partial charge < -0.3 is 10.0 Å². The van der Waals surface area contributed by atoms with Crippen LogP contribution in [0.1, 0.15) is 30.9 Å². The Morgan fingerprint density at radius 3 is 2.42 bits per heavy atom. The number of likely N-dealkylation sites (tertiary alicyclic amines) is 1. The molecule has 0 spiro atoms. The van der Waals surface area contributed by atoms with Gasteiger partial charge in [-0.2, -0.15) is 0 Å². The molecule has 26 heavy (non-hydrogen) atoms. The highest BCUT2D eigenvalue weighted by Gasteiger charge is 2.27. The van der Waals surface area contributed by atoms with Crippen molar-refractivity contribution in [2.24, 2.45) is 5.92 Å². The average molecular weight is 373 g/mol. The van der Waals surface area contributed by atoms with Crippen LogP contribution in [0.15, 0.2) is 59.5 Å². The molecule has 0 saturated carbocycles. The van der Waals surface area contributed by atoms with Crippen molar-refractivity contribution in [3.63, 3.8) is 0 Å². The summed E-state index contributed by atoms with van der Waals surface area (Å²) in [5.74, 6) is 0.810. The third-order valence-corrected chi connectivity index (χ3v) is 5.89. The minimum Gasteiger partial charge on any atom is -0.388 e. The summed E-state index contributed by atoms with van der Waals surface area (Å²) in [6.45, 7) is 1.41. The zero-order valence-electron chi connectivity index (χ0n) is 14.7. The molecule has 1 aliphatic heterocycles. The van der Waals surface area contributed by atoms with Crippen molar-refractivity contribution in [3.8, 4) is 0 Å². The summed E-state index contributed by atoms with van der Waals surface area (Å²) in [4.78, 5) is 15.3.